The Morgan fingerprint density at radius 2 is 1.91 bits per heavy atom. The summed E-state index contributed by atoms with van der Waals surface area (Å²) in [5, 5.41) is 3.07. The number of benzene rings is 1. The average Bonchev–Trinajstić information content (AvgIpc) is 2.69. The predicted octanol–water partition coefficient (Wildman–Crippen LogP) is 3.71. The van der Waals surface area contributed by atoms with Crippen LogP contribution in [0.4, 0.5) is 5.69 Å². The molecule has 124 valence electrons. The van der Waals surface area contributed by atoms with Crippen LogP contribution in [0, 0.1) is 10.8 Å². The number of rotatable bonds is 1. The highest BCUT2D eigenvalue weighted by Gasteiger charge is 2.51. The van der Waals surface area contributed by atoms with Gasteiger partial charge in [0.1, 0.15) is 0 Å². The third-order valence-electron chi connectivity index (χ3n) is 4.99. The Morgan fingerprint density at radius 1 is 1.22 bits per heavy atom. The zero-order valence-electron chi connectivity index (χ0n) is 13.9. The van der Waals surface area contributed by atoms with E-state index in [4.69, 9.17) is 11.6 Å². The van der Waals surface area contributed by atoms with Crippen LogP contribution in [-0.4, -0.2) is 29.3 Å². The van der Waals surface area contributed by atoms with Crippen molar-refractivity contribution < 1.29 is 9.59 Å². The summed E-state index contributed by atoms with van der Waals surface area (Å²) in [6.07, 6.45) is 3.03. The second-order valence-electron chi connectivity index (χ2n) is 8.08. The van der Waals surface area contributed by atoms with Crippen molar-refractivity contribution in [2.75, 3.05) is 11.9 Å². The topological polar surface area (TPSA) is 49.4 Å². The van der Waals surface area contributed by atoms with Crippen LogP contribution in [-0.2, 0) is 9.59 Å². The van der Waals surface area contributed by atoms with E-state index in [9.17, 15) is 9.59 Å². The molecule has 3 rings (SSSR count). The van der Waals surface area contributed by atoms with Crippen LogP contribution < -0.4 is 5.32 Å². The predicted molar refractivity (Wildman–Crippen MR) is 91.3 cm³/mol. The number of fused-ring (bicyclic) bond motifs is 2. The standard InChI is InChI=1S/C18H23ClN2O2/c1-17(2)8-12-9-18(3,10-17)11-21(12)16(23)15(22)20-14-7-5-4-6-13(14)19/h4-7,12H,8-11H2,1-3H3,(H,20,22). The second-order valence-corrected chi connectivity index (χ2v) is 8.49. The number of hydrogen-bond acceptors (Lipinski definition) is 2. The summed E-state index contributed by atoms with van der Waals surface area (Å²) in [5.41, 5.74) is 0.805. The van der Waals surface area contributed by atoms with Crippen LogP contribution in [0.25, 0.3) is 0 Å². The first-order valence-corrected chi connectivity index (χ1v) is 8.43. The summed E-state index contributed by atoms with van der Waals surface area (Å²) in [5.74, 6) is -1.05. The molecule has 0 aromatic heterocycles. The van der Waals surface area contributed by atoms with Crippen molar-refractivity contribution in [3.8, 4) is 0 Å². The first-order valence-electron chi connectivity index (χ1n) is 8.06. The van der Waals surface area contributed by atoms with Gasteiger partial charge in [0.15, 0.2) is 0 Å². The molecule has 1 aromatic carbocycles. The summed E-state index contributed by atoms with van der Waals surface area (Å²) < 4.78 is 0. The molecule has 2 amide bonds. The Bertz CT molecular complexity index is 658. The molecule has 2 bridgehead atoms. The van der Waals surface area contributed by atoms with Crippen LogP contribution in [0.2, 0.25) is 5.02 Å². The number of para-hydroxylation sites is 1. The van der Waals surface area contributed by atoms with E-state index in [2.05, 4.69) is 26.1 Å². The molecule has 4 nitrogen and oxygen atoms in total. The van der Waals surface area contributed by atoms with E-state index in [-0.39, 0.29) is 16.9 Å². The molecular weight excluding hydrogens is 312 g/mol. The van der Waals surface area contributed by atoms with Gasteiger partial charge in [-0.2, -0.15) is 0 Å². The van der Waals surface area contributed by atoms with Gasteiger partial charge >= 0.3 is 11.8 Å². The zero-order chi connectivity index (χ0) is 16.8. The van der Waals surface area contributed by atoms with Crippen molar-refractivity contribution >= 4 is 29.1 Å². The Balaban J connectivity index is 1.74. The number of carbonyl (C=O) groups excluding carboxylic acids is 2. The number of nitrogens with one attached hydrogen (secondary N) is 1. The van der Waals surface area contributed by atoms with E-state index in [1.165, 1.54) is 0 Å². The maximum absolute atomic E-state index is 12.6. The molecule has 23 heavy (non-hydrogen) atoms. The zero-order valence-corrected chi connectivity index (χ0v) is 14.6. The van der Waals surface area contributed by atoms with E-state index in [0.717, 1.165) is 19.3 Å². The molecule has 2 unspecified atom stereocenters. The minimum atomic E-state index is -0.605. The molecule has 2 aliphatic rings. The summed E-state index contributed by atoms with van der Waals surface area (Å²) in [7, 11) is 0. The minimum Gasteiger partial charge on any atom is -0.331 e. The summed E-state index contributed by atoms with van der Waals surface area (Å²) in [4.78, 5) is 26.7. The number of hydrogen-bond donors (Lipinski definition) is 1. The highest BCUT2D eigenvalue weighted by atomic mass is 35.5. The molecule has 1 aromatic rings. The first kappa shape index (κ1) is 16.3. The fraction of sp³-hybridized carbons (Fsp3) is 0.556. The molecule has 1 saturated heterocycles. The summed E-state index contributed by atoms with van der Waals surface area (Å²) >= 11 is 6.04. The number of amides is 2. The van der Waals surface area contributed by atoms with Crippen LogP contribution >= 0.6 is 11.6 Å². The summed E-state index contributed by atoms with van der Waals surface area (Å²) in [6, 6.07) is 7.10. The molecule has 2 atom stereocenters. The third kappa shape index (κ3) is 3.23. The quantitative estimate of drug-likeness (QED) is 0.796. The molecular formula is C18H23ClN2O2. The van der Waals surface area contributed by atoms with Crippen molar-refractivity contribution in [1.29, 1.82) is 0 Å². The normalized spacial score (nSPS) is 28.5. The number of likely N-dealkylation sites (tertiary alicyclic amines) is 1. The van der Waals surface area contributed by atoms with Crippen LogP contribution in [0.1, 0.15) is 40.0 Å². The monoisotopic (exact) mass is 334 g/mol. The number of anilines is 1. The lowest BCUT2D eigenvalue weighted by molar-refractivity contribution is -0.144. The van der Waals surface area contributed by atoms with E-state index in [1.54, 1.807) is 29.2 Å². The van der Waals surface area contributed by atoms with E-state index < -0.39 is 11.8 Å². The Labute approximate surface area is 142 Å². The fourth-order valence-corrected chi connectivity index (χ4v) is 4.75. The molecule has 1 aliphatic heterocycles. The fourth-order valence-electron chi connectivity index (χ4n) is 4.57. The first-order chi connectivity index (χ1) is 10.7. The van der Waals surface area contributed by atoms with Gasteiger partial charge in [0.2, 0.25) is 0 Å². The van der Waals surface area contributed by atoms with Gasteiger partial charge in [0, 0.05) is 12.6 Å². The Hall–Kier alpha value is -1.55. The van der Waals surface area contributed by atoms with Gasteiger partial charge in [0.05, 0.1) is 10.7 Å². The lowest BCUT2D eigenvalue weighted by Crippen LogP contribution is -2.43. The maximum Gasteiger partial charge on any atom is 0.313 e. The van der Waals surface area contributed by atoms with Crippen molar-refractivity contribution in [1.82, 2.24) is 4.90 Å². The smallest absolute Gasteiger partial charge is 0.313 e. The Morgan fingerprint density at radius 3 is 2.61 bits per heavy atom. The molecule has 5 heteroatoms. The van der Waals surface area contributed by atoms with E-state index in [1.807, 2.05) is 0 Å². The minimum absolute atomic E-state index is 0.118. The molecule has 1 aliphatic carbocycles. The van der Waals surface area contributed by atoms with Gasteiger partial charge in [-0.25, -0.2) is 0 Å². The Kier molecular flexibility index (Phi) is 3.91. The van der Waals surface area contributed by atoms with E-state index in [0.29, 0.717) is 17.3 Å². The number of nitrogens with zero attached hydrogens (tertiary/aromatic N) is 1. The second kappa shape index (κ2) is 5.52. The molecule has 1 N–H and O–H groups in total. The van der Waals surface area contributed by atoms with Gasteiger partial charge < -0.3 is 10.2 Å². The lowest BCUT2D eigenvalue weighted by Gasteiger charge is -2.39. The van der Waals surface area contributed by atoms with Gasteiger partial charge in [-0.3, -0.25) is 9.59 Å². The van der Waals surface area contributed by atoms with Crippen molar-refractivity contribution in [2.24, 2.45) is 10.8 Å². The van der Waals surface area contributed by atoms with Gasteiger partial charge in [-0.1, -0.05) is 44.5 Å². The number of carbonyl (C=O) groups is 2. The molecule has 0 radical (unpaired) electrons. The molecule has 0 spiro atoms. The SMILES string of the molecule is CC1(C)CC2CC(C)(CN2C(=O)C(=O)Nc2ccccc2Cl)C1. The van der Waals surface area contributed by atoms with Gasteiger partial charge in [0.25, 0.3) is 0 Å². The van der Waals surface area contributed by atoms with Crippen LogP contribution in [0.15, 0.2) is 24.3 Å². The highest BCUT2D eigenvalue weighted by molar-refractivity contribution is 6.41. The lowest BCUT2D eigenvalue weighted by atomic mass is 9.65. The van der Waals surface area contributed by atoms with Crippen LogP contribution in [0.5, 0.6) is 0 Å². The van der Waals surface area contributed by atoms with Crippen molar-refractivity contribution in [3.05, 3.63) is 29.3 Å². The van der Waals surface area contributed by atoms with Gasteiger partial charge in [-0.15, -0.1) is 0 Å². The van der Waals surface area contributed by atoms with Crippen molar-refractivity contribution in [3.63, 3.8) is 0 Å². The maximum atomic E-state index is 12.6. The largest absolute Gasteiger partial charge is 0.331 e. The van der Waals surface area contributed by atoms with E-state index >= 15 is 0 Å². The molecule has 1 saturated carbocycles. The molecule has 1 heterocycles. The van der Waals surface area contributed by atoms with Gasteiger partial charge in [-0.05, 0) is 42.2 Å². The molecule has 2 fully saturated rings. The van der Waals surface area contributed by atoms with Crippen molar-refractivity contribution in [2.45, 2.75) is 46.1 Å². The summed E-state index contributed by atoms with van der Waals surface area (Å²) in [6.45, 7) is 7.38. The highest BCUT2D eigenvalue weighted by Crippen LogP contribution is 2.52. The average molecular weight is 335 g/mol. The third-order valence-corrected chi connectivity index (χ3v) is 5.32. The van der Waals surface area contributed by atoms with Crippen LogP contribution in [0.3, 0.4) is 0 Å². The number of halogens is 1.